The Morgan fingerprint density at radius 1 is 1.50 bits per heavy atom. The second kappa shape index (κ2) is 7.23. The Hall–Kier alpha value is -0.870. The molecule has 0 radical (unpaired) electrons. The number of thiophene rings is 1. The molecule has 1 amide bonds. The van der Waals surface area contributed by atoms with Crippen LogP contribution in [0.15, 0.2) is 6.07 Å². The summed E-state index contributed by atoms with van der Waals surface area (Å²) in [7, 11) is 1.98. The lowest BCUT2D eigenvalue weighted by atomic mass is 10.1. The van der Waals surface area contributed by atoms with Crippen LogP contribution >= 0.6 is 11.3 Å². The van der Waals surface area contributed by atoms with Crippen molar-refractivity contribution in [3.8, 4) is 0 Å². The Kier molecular flexibility index (Phi) is 5.61. The second-order valence-electron chi connectivity index (χ2n) is 5.54. The molecule has 1 saturated heterocycles. The second-order valence-corrected chi connectivity index (χ2v) is 6.68. The number of hydrogen-bond acceptors (Lipinski definition) is 3. The number of piperidine rings is 1. The number of amides is 1. The largest absolute Gasteiger partial charge is 0.336 e. The molecule has 3 nitrogen and oxygen atoms in total. The van der Waals surface area contributed by atoms with Crippen LogP contribution in [0.3, 0.4) is 0 Å². The molecule has 1 aliphatic rings. The molecule has 1 N–H and O–H groups in total. The number of carbonyl (C=O) groups is 1. The summed E-state index contributed by atoms with van der Waals surface area (Å²) in [4.78, 5) is 17.0. The third-order valence-electron chi connectivity index (χ3n) is 4.08. The van der Waals surface area contributed by atoms with E-state index in [1.807, 2.05) is 11.9 Å². The van der Waals surface area contributed by atoms with Gasteiger partial charge in [0.25, 0.3) is 5.91 Å². The van der Waals surface area contributed by atoms with Crippen molar-refractivity contribution in [3.05, 3.63) is 21.4 Å². The van der Waals surface area contributed by atoms with Gasteiger partial charge in [0.1, 0.15) is 0 Å². The summed E-state index contributed by atoms with van der Waals surface area (Å²) < 4.78 is 0. The monoisotopic (exact) mass is 294 g/mol. The van der Waals surface area contributed by atoms with Crippen LogP contribution in [-0.2, 0) is 12.8 Å². The number of likely N-dealkylation sites (tertiary alicyclic amines) is 1. The van der Waals surface area contributed by atoms with Crippen molar-refractivity contribution >= 4 is 17.2 Å². The van der Waals surface area contributed by atoms with Gasteiger partial charge in [0, 0.05) is 24.0 Å². The maximum absolute atomic E-state index is 12.7. The molecule has 0 spiro atoms. The van der Waals surface area contributed by atoms with Crippen molar-refractivity contribution in [2.45, 2.75) is 52.0 Å². The Balaban J connectivity index is 2.12. The SMILES string of the molecule is CCCc1sc(C(=O)N2CCCC(NC)C2)cc1CC. The van der Waals surface area contributed by atoms with Crippen molar-refractivity contribution in [2.24, 2.45) is 0 Å². The molecule has 1 fully saturated rings. The Labute approximate surface area is 126 Å². The minimum absolute atomic E-state index is 0.229. The molecule has 1 aliphatic heterocycles. The summed E-state index contributed by atoms with van der Waals surface area (Å²) in [6, 6.07) is 2.58. The highest BCUT2D eigenvalue weighted by molar-refractivity contribution is 7.14. The molecule has 2 heterocycles. The van der Waals surface area contributed by atoms with Crippen LogP contribution in [-0.4, -0.2) is 37.0 Å². The standard InChI is InChI=1S/C16H26N2OS/c1-4-7-14-12(5-2)10-15(20-14)16(19)18-9-6-8-13(11-18)17-3/h10,13,17H,4-9,11H2,1-3H3. The van der Waals surface area contributed by atoms with Crippen LogP contribution in [0.1, 0.15) is 53.2 Å². The fourth-order valence-corrected chi connectivity index (χ4v) is 4.19. The molecule has 4 heteroatoms. The van der Waals surface area contributed by atoms with Crippen molar-refractivity contribution in [3.63, 3.8) is 0 Å². The van der Waals surface area contributed by atoms with Crippen LogP contribution in [0.25, 0.3) is 0 Å². The summed E-state index contributed by atoms with van der Waals surface area (Å²) in [5, 5.41) is 3.30. The Bertz CT molecular complexity index is 455. The van der Waals surface area contributed by atoms with Crippen LogP contribution in [0.2, 0.25) is 0 Å². The average Bonchev–Trinajstić information content (AvgIpc) is 2.90. The summed E-state index contributed by atoms with van der Waals surface area (Å²) in [5.74, 6) is 0.229. The fourth-order valence-electron chi connectivity index (χ4n) is 2.86. The third kappa shape index (κ3) is 3.41. The van der Waals surface area contributed by atoms with Gasteiger partial charge in [-0.25, -0.2) is 0 Å². The van der Waals surface area contributed by atoms with Crippen molar-refractivity contribution < 1.29 is 4.79 Å². The van der Waals surface area contributed by atoms with Crippen molar-refractivity contribution in [1.82, 2.24) is 10.2 Å². The van der Waals surface area contributed by atoms with Crippen LogP contribution in [0.5, 0.6) is 0 Å². The number of carbonyl (C=O) groups excluding carboxylic acids is 1. The van der Waals surface area contributed by atoms with Gasteiger partial charge in [-0.1, -0.05) is 20.3 Å². The smallest absolute Gasteiger partial charge is 0.263 e. The summed E-state index contributed by atoms with van der Waals surface area (Å²) in [6.07, 6.45) is 5.54. The van der Waals surface area contributed by atoms with Gasteiger partial charge in [0.15, 0.2) is 0 Å². The van der Waals surface area contributed by atoms with E-state index < -0.39 is 0 Å². The number of nitrogens with zero attached hydrogens (tertiary/aromatic N) is 1. The molecule has 20 heavy (non-hydrogen) atoms. The molecule has 1 aromatic heterocycles. The van der Waals surface area contributed by atoms with Gasteiger partial charge in [-0.05, 0) is 44.4 Å². The number of aryl methyl sites for hydroxylation is 2. The van der Waals surface area contributed by atoms with Crippen molar-refractivity contribution in [1.29, 1.82) is 0 Å². The normalized spacial score (nSPS) is 19.4. The fraction of sp³-hybridized carbons (Fsp3) is 0.688. The van der Waals surface area contributed by atoms with Gasteiger partial charge in [-0.2, -0.15) is 0 Å². The molecule has 1 aromatic rings. The first-order valence-electron chi connectivity index (χ1n) is 7.77. The van der Waals surface area contributed by atoms with Crippen molar-refractivity contribution in [2.75, 3.05) is 20.1 Å². The minimum atomic E-state index is 0.229. The van der Waals surface area contributed by atoms with Gasteiger partial charge in [0.05, 0.1) is 4.88 Å². The quantitative estimate of drug-likeness (QED) is 0.905. The van der Waals surface area contributed by atoms with Gasteiger partial charge < -0.3 is 10.2 Å². The highest BCUT2D eigenvalue weighted by atomic mass is 32.1. The lowest BCUT2D eigenvalue weighted by molar-refractivity contribution is 0.0703. The molecule has 1 unspecified atom stereocenters. The number of likely N-dealkylation sites (N-methyl/N-ethyl adjacent to an activating group) is 1. The molecule has 0 bridgehead atoms. The van der Waals surface area contributed by atoms with Gasteiger partial charge in [0.2, 0.25) is 0 Å². The van der Waals surface area contributed by atoms with E-state index in [1.54, 1.807) is 11.3 Å². The minimum Gasteiger partial charge on any atom is -0.336 e. The molecule has 0 aromatic carbocycles. The number of hydrogen-bond donors (Lipinski definition) is 1. The van der Waals surface area contributed by atoms with E-state index in [0.29, 0.717) is 6.04 Å². The van der Waals surface area contributed by atoms with E-state index in [9.17, 15) is 4.79 Å². The first-order valence-corrected chi connectivity index (χ1v) is 8.59. The molecule has 2 rings (SSSR count). The van der Waals surface area contributed by atoms with Gasteiger partial charge in [-0.3, -0.25) is 4.79 Å². The zero-order valence-electron chi connectivity index (χ0n) is 12.9. The predicted octanol–water partition coefficient (Wildman–Crippen LogP) is 3.09. The van der Waals surface area contributed by atoms with E-state index in [4.69, 9.17) is 0 Å². The summed E-state index contributed by atoms with van der Waals surface area (Å²) >= 11 is 1.71. The lowest BCUT2D eigenvalue weighted by Gasteiger charge is -2.32. The maximum Gasteiger partial charge on any atom is 0.263 e. The first-order chi connectivity index (χ1) is 9.69. The Morgan fingerprint density at radius 3 is 2.95 bits per heavy atom. The van der Waals surface area contributed by atoms with Gasteiger partial charge >= 0.3 is 0 Å². The topological polar surface area (TPSA) is 32.3 Å². The molecular weight excluding hydrogens is 268 g/mol. The van der Waals surface area contributed by atoms with E-state index in [2.05, 4.69) is 25.2 Å². The average molecular weight is 294 g/mol. The predicted molar refractivity (Wildman–Crippen MR) is 85.7 cm³/mol. The zero-order chi connectivity index (χ0) is 14.5. The summed E-state index contributed by atoms with van der Waals surface area (Å²) in [6.45, 7) is 6.12. The van der Waals surface area contributed by atoms with Crippen LogP contribution in [0, 0.1) is 0 Å². The third-order valence-corrected chi connectivity index (χ3v) is 5.31. The highest BCUT2D eigenvalue weighted by Gasteiger charge is 2.25. The van der Waals surface area contributed by atoms with E-state index >= 15 is 0 Å². The molecule has 1 atom stereocenters. The summed E-state index contributed by atoms with van der Waals surface area (Å²) in [5.41, 5.74) is 1.36. The van der Waals surface area contributed by atoms with E-state index in [1.165, 1.54) is 16.9 Å². The molecule has 112 valence electrons. The van der Waals surface area contributed by atoms with E-state index in [-0.39, 0.29) is 5.91 Å². The van der Waals surface area contributed by atoms with E-state index in [0.717, 1.165) is 43.6 Å². The van der Waals surface area contributed by atoms with Crippen LogP contribution < -0.4 is 5.32 Å². The molecular formula is C16H26N2OS. The number of rotatable bonds is 5. The lowest BCUT2D eigenvalue weighted by Crippen LogP contribution is -2.46. The van der Waals surface area contributed by atoms with Crippen LogP contribution in [0.4, 0.5) is 0 Å². The molecule has 0 saturated carbocycles. The zero-order valence-corrected chi connectivity index (χ0v) is 13.7. The Morgan fingerprint density at radius 2 is 2.30 bits per heavy atom. The first kappa shape index (κ1) is 15.5. The maximum atomic E-state index is 12.7. The number of nitrogens with one attached hydrogen (secondary N) is 1. The molecule has 0 aliphatic carbocycles. The van der Waals surface area contributed by atoms with Gasteiger partial charge in [-0.15, -0.1) is 11.3 Å². The highest BCUT2D eigenvalue weighted by Crippen LogP contribution is 2.26.